The summed E-state index contributed by atoms with van der Waals surface area (Å²) in [6, 6.07) is -5.03. The maximum Gasteiger partial charge on any atom is 0.364 e. The van der Waals surface area contributed by atoms with Crippen molar-refractivity contribution < 1.29 is 153 Å². The Morgan fingerprint density at radius 1 is 0.581 bits per heavy atom. The third kappa shape index (κ3) is 21.7. The van der Waals surface area contributed by atoms with Crippen LogP contribution < -0.4 is 16.0 Å². The van der Waals surface area contributed by atoms with Crippen molar-refractivity contribution >= 4 is 46.9 Å². The van der Waals surface area contributed by atoms with Gasteiger partial charge in [0.1, 0.15) is 116 Å². The van der Waals surface area contributed by atoms with Crippen molar-refractivity contribution in [2.45, 2.75) is 267 Å². The number of amides is 3. The number of carbonyl (C=O) groups excluding carboxylic acids is 3. The summed E-state index contributed by atoms with van der Waals surface area (Å²) < 4.78 is 59.1. The van der Waals surface area contributed by atoms with Crippen molar-refractivity contribution in [2.75, 3.05) is 39.6 Å². The largest absolute Gasteiger partial charge is 0.477 e. The van der Waals surface area contributed by atoms with E-state index in [1.165, 1.54) is 38.2 Å². The highest BCUT2D eigenvalue weighted by Gasteiger charge is 2.62. The van der Waals surface area contributed by atoms with Crippen LogP contribution in [0.3, 0.4) is 0 Å². The van der Waals surface area contributed by atoms with Gasteiger partial charge in [0, 0.05) is 20.3 Å². The number of aliphatic hydroxyl groups is 16. The van der Waals surface area contributed by atoms with E-state index in [-0.39, 0.29) is 0 Å². The number of alkyl halides is 2. The van der Waals surface area contributed by atoms with Crippen molar-refractivity contribution in [3.05, 3.63) is 24.3 Å². The van der Waals surface area contributed by atoms with Gasteiger partial charge in [-0.3, -0.25) is 14.4 Å². The molecule has 0 radical (unpaired) electrons. The van der Waals surface area contributed by atoms with Gasteiger partial charge in [0.25, 0.3) is 11.7 Å². The van der Waals surface area contributed by atoms with E-state index in [9.17, 15) is 106 Å². The summed E-state index contributed by atoms with van der Waals surface area (Å²) in [5.41, 5.74) is 0. The molecule has 0 aliphatic carbocycles. The van der Waals surface area contributed by atoms with Crippen molar-refractivity contribution in [1.29, 1.82) is 0 Å². The first-order valence-electron chi connectivity index (χ1n) is 30.9. The molecule has 5 rings (SSSR count). The first-order valence-corrected chi connectivity index (χ1v) is 31.8. The molecule has 0 saturated carbocycles. The lowest BCUT2D eigenvalue weighted by molar-refractivity contribution is -0.403. The third-order valence-corrected chi connectivity index (χ3v) is 16.8. The summed E-state index contributed by atoms with van der Waals surface area (Å²) >= 11 is 11.6. The van der Waals surface area contributed by atoms with Crippen molar-refractivity contribution in [1.82, 2.24) is 16.0 Å². The second-order valence-electron chi connectivity index (χ2n) is 23.5. The van der Waals surface area contributed by atoms with Crippen molar-refractivity contribution in [3.8, 4) is 0 Å². The van der Waals surface area contributed by atoms with E-state index in [0.717, 1.165) is 33.1 Å². The minimum absolute atomic E-state index is 0.491. The maximum absolute atomic E-state index is 13.7. The first-order chi connectivity index (χ1) is 44.1. The Hall–Kier alpha value is -3.10. The normalized spacial score (nSPS) is 38.2. The average Bonchev–Trinajstić information content (AvgIpc) is 1.40. The quantitative estimate of drug-likeness (QED) is 0.0157. The molecule has 5 heterocycles. The Bertz CT molecular complexity index is 2320. The fourth-order valence-electron chi connectivity index (χ4n) is 11.3. The number of aliphatic carboxylic acids is 1. The number of unbranched alkanes of at least 4 members (excludes halogenated alkanes) is 8. The molecule has 0 aromatic carbocycles. The Morgan fingerprint density at radius 3 is 1.70 bits per heavy atom. The van der Waals surface area contributed by atoms with Crippen molar-refractivity contribution in [3.63, 3.8) is 0 Å². The van der Waals surface area contributed by atoms with E-state index in [0.29, 0.717) is 12.8 Å². The summed E-state index contributed by atoms with van der Waals surface area (Å²) in [4.78, 5) is 50.2. The fourth-order valence-corrected chi connectivity index (χ4v) is 11.5. The topological polar surface area (TPSA) is 541 Å². The summed E-state index contributed by atoms with van der Waals surface area (Å²) in [6.07, 6.45) is -33.9. The molecule has 36 heteroatoms. The Kier molecular flexibility index (Phi) is 33.7. The van der Waals surface area contributed by atoms with Crippen LogP contribution in [-0.4, -0.2) is 326 Å². The van der Waals surface area contributed by atoms with E-state index in [1.807, 2.05) is 6.08 Å². The number of aliphatic hydroxyl groups excluding tert-OH is 16. The van der Waals surface area contributed by atoms with E-state index in [2.05, 4.69) is 29.0 Å². The number of carboxylic acids is 1. The van der Waals surface area contributed by atoms with Gasteiger partial charge in [-0.05, 0) is 25.7 Å². The molecule has 0 aromatic heterocycles. The smallest absolute Gasteiger partial charge is 0.364 e. The molecule has 3 amide bonds. The predicted molar refractivity (Wildman–Crippen MR) is 314 cm³/mol. The van der Waals surface area contributed by atoms with E-state index >= 15 is 0 Å². The highest BCUT2D eigenvalue weighted by molar-refractivity contribution is 6.53. The number of carbonyl (C=O) groups is 4. The van der Waals surface area contributed by atoms with Crippen LogP contribution in [0, 0.1) is 0 Å². The molecule has 0 bridgehead atoms. The molecule has 93 heavy (non-hydrogen) atoms. The molecule has 5 aliphatic rings. The van der Waals surface area contributed by atoms with Gasteiger partial charge in [-0.1, -0.05) is 93.0 Å². The molecule has 28 atom stereocenters. The number of ether oxygens (including phenoxy) is 10. The van der Waals surface area contributed by atoms with Crippen molar-refractivity contribution in [2.24, 2.45) is 0 Å². The van der Waals surface area contributed by atoms with Crippen LogP contribution in [0.15, 0.2) is 24.3 Å². The molecule has 538 valence electrons. The zero-order valence-electron chi connectivity index (χ0n) is 51.6. The number of halogens is 2. The zero-order valence-corrected chi connectivity index (χ0v) is 53.1. The standard InChI is InChI=1S/C57H95Cl2N3O31/c1-4-5-6-7-8-9-10-11-12-13-14-15-16-17-28(70)27(62-51(81)50(58)59)24-84-53-43(79)41(77)45(33(22-66)87-53)89-55-44(80)49(93-57(56(82)83)18-29(71)35(60-25(2)68)48(92-57)37(73)30(72)19-63)46(34(23-67)88-55)90-52-36(61-26(3)69)47(39(75)32(21-65)85-52)91-54-42(78)40(76)38(74)31(20-64)86-54/h12-13,16-17,27-50,52-55,63-67,70-80H,4-11,14-15,18-24H2,1-3H3,(H,60,68)(H,61,69)(H,62,81)(H,82,83)/b13-12+,17-16+/t27-,28+,29-,30+,31+,32+,33+,34+,35?,36+,37+,38-,39-,40-,41+,42+,43+,44+,45+,46-,47+,48?,49+,52-,53+,54-,55-,57-/m0/s1. The highest BCUT2D eigenvalue weighted by atomic mass is 35.5. The number of hydrogen-bond acceptors (Lipinski definition) is 30. The van der Waals surface area contributed by atoms with Crippen LogP contribution in [-0.2, 0) is 66.5 Å². The second-order valence-corrected chi connectivity index (χ2v) is 24.5. The SMILES string of the molecule is CCCCCCCCC/C=C/CC/C=C/[C@@H](O)[C@H](CO[C@@H]1O[C@H](CO)[C@@H](O[C@@H]2O[C@H](CO)[C@H](O[C@@H]3O[C@H](CO)[C@H](O)[C@H](O[C@@H]4O[C@H](CO)[C@H](O)[C@H](O)[C@H]4O)[C@H]3NC(C)=O)[C@H](O[C@]3(C(=O)O)C[C@H](O)C(NC(C)=O)C([C@H](O)[C@H](O)CO)O3)[C@H]2O)[C@H](O)[C@H]1O)NC(=O)C(Cl)Cl. The molecular weight excluding hydrogens is 1290 g/mol. The number of rotatable bonds is 36. The number of nitrogens with one attached hydrogen (secondary N) is 3. The summed E-state index contributed by atoms with van der Waals surface area (Å²) in [6.45, 7) is -2.22. The van der Waals surface area contributed by atoms with Gasteiger partial charge in [-0.25, -0.2) is 4.79 Å². The van der Waals surface area contributed by atoms with Gasteiger partial charge in [0.15, 0.2) is 30.0 Å². The van der Waals surface area contributed by atoms with Gasteiger partial charge in [0.05, 0.1) is 63.9 Å². The molecule has 0 aromatic rings. The van der Waals surface area contributed by atoms with Gasteiger partial charge in [0.2, 0.25) is 11.8 Å². The van der Waals surface area contributed by atoms with Crippen LogP contribution in [0.2, 0.25) is 0 Å². The monoisotopic (exact) mass is 1390 g/mol. The number of allylic oxidation sites excluding steroid dienone is 3. The Morgan fingerprint density at radius 2 is 1.10 bits per heavy atom. The maximum atomic E-state index is 13.7. The van der Waals surface area contributed by atoms with Gasteiger partial charge in [-0.15, -0.1) is 0 Å². The number of carboxylic acid groups (broad SMARTS) is 1. The highest BCUT2D eigenvalue weighted by Crippen LogP contribution is 2.41. The average molecular weight is 1390 g/mol. The van der Waals surface area contributed by atoms with Gasteiger partial charge >= 0.3 is 5.97 Å². The van der Waals surface area contributed by atoms with Crippen LogP contribution in [0.5, 0.6) is 0 Å². The minimum atomic E-state index is -3.39. The molecule has 5 aliphatic heterocycles. The van der Waals surface area contributed by atoms with Crippen LogP contribution in [0.4, 0.5) is 0 Å². The van der Waals surface area contributed by atoms with Crippen LogP contribution >= 0.6 is 23.2 Å². The Balaban J connectivity index is 1.47. The molecule has 5 saturated heterocycles. The van der Waals surface area contributed by atoms with Gasteiger partial charge in [-0.2, -0.15) is 0 Å². The lowest BCUT2D eigenvalue weighted by Crippen LogP contribution is -2.72. The summed E-state index contributed by atoms with van der Waals surface area (Å²) in [5, 5.41) is 194. The number of hydrogen-bond donors (Lipinski definition) is 20. The van der Waals surface area contributed by atoms with E-state index in [4.69, 9.17) is 70.6 Å². The second kappa shape index (κ2) is 38.9. The lowest BCUT2D eigenvalue weighted by atomic mass is 9.88. The van der Waals surface area contributed by atoms with Gasteiger partial charge < -0.3 is 150 Å². The molecule has 5 fully saturated rings. The summed E-state index contributed by atoms with van der Waals surface area (Å²) in [7, 11) is 0. The Labute approximate surface area is 545 Å². The van der Waals surface area contributed by atoms with Crippen LogP contribution in [0.25, 0.3) is 0 Å². The lowest BCUT2D eigenvalue weighted by Gasteiger charge is -2.52. The molecular formula is C57H95Cl2N3O31. The zero-order chi connectivity index (χ0) is 69.0. The third-order valence-electron chi connectivity index (χ3n) is 16.4. The molecule has 34 nitrogen and oxygen atoms in total. The molecule has 2 unspecified atom stereocenters. The van der Waals surface area contributed by atoms with E-state index in [1.54, 1.807) is 6.08 Å². The fraction of sp³-hybridized carbons (Fsp3) is 0.860. The summed E-state index contributed by atoms with van der Waals surface area (Å²) in [5.74, 6) is -8.34. The predicted octanol–water partition coefficient (Wildman–Crippen LogP) is -6.72. The molecule has 0 spiro atoms. The minimum Gasteiger partial charge on any atom is -0.477 e. The first kappa shape index (κ1) is 80.6. The molecule has 20 N–H and O–H groups in total. The van der Waals surface area contributed by atoms with Crippen LogP contribution in [0.1, 0.15) is 91.4 Å². The van der Waals surface area contributed by atoms with E-state index < -0.39 is 246 Å².